The summed E-state index contributed by atoms with van der Waals surface area (Å²) in [5, 5.41) is 12.3. The van der Waals surface area contributed by atoms with Gasteiger partial charge in [-0.2, -0.15) is 0 Å². The van der Waals surface area contributed by atoms with Gasteiger partial charge in [0.15, 0.2) is 0 Å². The Kier molecular flexibility index (Phi) is 3.70. The van der Waals surface area contributed by atoms with Gasteiger partial charge in [0.1, 0.15) is 0 Å². The fraction of sp³-hybridized carbons (Fsp3) is 0.391. The molecular formula is C23H26N2O. The van der Waals surface area contributed by atoms with Crippen LogP contribution in [0.2, 0.25) is 0 Å². The highest BCUT2D eigenvalue weighted by Crippen LogP contribution is 2.42. The summed E-state index contributed by atoms with van der Waals surface area (Å²) in [6, 6.07) is 15.0. The van der Waals surface area contributed by atoms with Gasteiger partial charge in [0, 0.05) is 35.6 Å². The smallest absolute Gasteiger partial charge is 0.0969 e. The molecule has 3 heterocycles. The molecule has 0 amide bonds. The van der Waals surface area contributed by atoms with E-state index >= 15 is 0 Å². The predicted octanol–water partition coefficient (Wildman–Crippen LogP) is 4.29. The van der Waals surface area contributed by atoms with Crippen LogP contribution in [0.5, 0.6) is 0 Å². The Labute approximate surface area is 154 Å². The van der Waals surface area contributed by atoms with Crippen molar-refractivity contribution in [2.75, 3.05) is 13.1 Å². The van der Waals surface area contributed by atoms with Gasteiger partial charge in [-0.05, 0) is 50.1 Å². The molecule has 1 aromatic heterocycles. The van der Waals surface area contributed by atoms with Gasteiger partial charge in [-0.25, -0.2) is 0 Å². The predicted molar refractivity (Wildman–Crippen MR) is 105 cm³/mol. The maximum atomic E-state index is 10.9. The van der Waals surface area contributed by atoms with Crippen LogP contribution in [0.1, 0.15) is 46.4 Å². The molecule has 3 unspecified atom stereocenters. The second-order valence-corrected chi connectivity index (χ2v) is 8.14. The molecule has 3 aromatic rings. The first kappa shape index (κ1) is 16.1. The third kappa shape index (κ3) is 2.50. The Bertz CT molecular complexity index is 970. The summed E-state index contributed by atoms with van der Waals surface area (Å²) in [4.78, 5) is 2.56. The van der Waals surface area contributed by atoms with Crippen molar-refractivity contribution < 1.29 is 5.11 Å². The highest BCUT2D eigenvalue weighted by atomic mass is 16.3. The second-order valence-electron chi connectivity index (χ2n) is 8.14. The highest BCUT2D eigenvalue weighted by molar-refractivity contribution is 5.87. The lowest BCUT2D eigenvalue weighted by atomic mass is 9.93. The monoisotopic (exact) mass is 346 g/mol. The van der Waals surface area contributed by atoms with Crippen molar-refractivity contribution in [1.82, 2.24) is 9.47 Å². The molecule has 0 saturated carbocycles. The number of fused-ring (bicyclic) bond motifs is 6. The maximum Gasteiger partial charge on any atom is 0.0969 e. The number of aryl methyl sites for hydroxylation is 2. The summed E-state index contributed by atoms with van der Waals surface area (Å²) < 4.78 is 2.39. The first-order valence-corrected chi connectivity index (χ1v) is 9.69. The van der Waals surface area contributed by atoms with E-state index in [1.165, 1.54) is 47.2 Å². The van der Waals surface area contributed by atoms with E-state index in [0.717, 1.165) is 12.1 Å². The summed E-state index contributed by atoms with van der Waals surface area (Å²) in [7, 11) is 0. The summed E-state index contributed by atoms with van der Waals surface area (Å²) in [6.07, 6.45) is 0.784. The first-order valence-electron chi connectivity index (χ1n) is 9.69. The van der Waals surface area contributed by atoms with E-state index in [1.54, 1.807) is 5.56 Å². The van der Waals surface area contributed by atoms with E-state index in [0.29, 0.717) is 12.5 Å². The van der Waals surface area contributed by atoms with Gasteiger partial charge in [0.2, 0.25) is 0 Å². The number of aliphatic hydroxyl groups is 1. The molecule has 134 valence electrons. The minimum Gasteiger partial charge on any atom is -0.387 e. The molecular weight excluding hydrogens is 320 g/mol. The van der Waals surface area contributed by atoms with Crippen LogP contribution in [0.15, 0.2) is 42.5 Å². The lowest BCUT2D eigenvalue weighted by molar-refractivity contribution is 0.155. The molecule has 1 N–H and O–H groups in total. The van der Waals surface area contributed by atoms with Crippen molar-refractivity contribution in [2.24, 2.45) is 0 Å². The average Bonchev–Trinajstić information content (AvgIpc) is 3.15. The van der Waals surface area contributed by atoms with E-state index in [1.807, 2.05) is 0 Å². The maximum absolute atomic E-state index is 10.9. The third-order valence-corrected chi connectivity index (χ3v) is 6.24. The number of nitrogens with zero attached hydrogens (tertiary/aromatic N) is 2. The number of aromatic nitrogens is 1. The van der Waals surface area contributed by atoms with Crippen LogP contribution in [0.4, 0.5) is 0 Å². The third-order valence-electron chi connectivity index (χ3n) is 6.24. The topological polar surface area (TPSA) is 28.4 Å². The number of aliphatic hydroxyl groups excluding tert-OH is 1. The molecule has 0 aliphatic carbocycles. The molecule has 3 atom stereocenters. The SMILES string of the molecule is Cc1ccc(C(O)Cn2c3c(c4cc(C)ccc42)C2CCN(C3)C2)cc1. The van der Waals surface area contributed by atoms with Gasteiger partial charge < -0.3 is 9.67 Å². The Hall–Kier alpha value is -2.10. The van der Waals surface area contributed by atoms with Gasteiger partial charge in [-0.3, -0.25) is 4.90 Å². The van der Waals surface area contributed by atoms with Crippen molar-refractivity contribution in [3.63, 3.8) is 0 Å². The largest absolute Gasteiger partial charge is 0.387 e. The zero-order valence-corrected chi connectivity index (χ0v) is 15.6. The Morgan fingerprint density at radius 3 is 2.65 bits per heavy atom. The Morgan fingerprint density at radius 2 is 1.85 bits per heavy atom. The van der Waals surface area contributed by atoms with Gasteiger partial charge in [0.25, 0.3) is 0 Å². The molecule has 3 heteroatoms. The van der Waals surface area contributed by atoms with Crippen molar-refractivity contribution in [3.05, 3.63) is 70.4 Å². The van der Waals surface area contributed by atoms with Gasteiger partial charge in [0.05, 0.1) is 12.6 Å². The molecule has 2 bridgehead atoms. The van der Waals surface area contributed by atoms with E-state index in [2.05, 4.69) is 65.8 Å². The van der Waals surface area contributed by atoms with Crippen LogP contribution in [0.3, 0.4) is 0 Å². The molecule has 3 nitrogen and oxygen atoms in total. The molecule has 26 heavy (non-hydrogen) atoms. The molecule has 0 radical (unpaired) electrons. The summed E-state index contributed by atoms with van der Waals surface area (Å²) in [5.41, 5.74) is 7.79. The van der Waals surface area contributed by atoms with Gasteiger partial charge >= 0.3 is 0 Å². The minimum atomic E-state index is -0.480. The normalized spacial score (nSPS) is 22.6. The molecule has 0 spiro atoms. The zero-order valence-electron chi connectivity index (χ0n) is 15.6. The van der Waals surface area contributed by atoms with Crippen LogP contribution in [0, 0.1) is 13.8 Å². The lowest BCUT2D eigenvalue weighted by Crippen LogP contribution is -2.27. The first-order chi connectivity index (χ1) is 12.6. The minimum absolute atomic E-state index is 0.480. The van der Waals surface area contributed by atoms with Gasteiger partial charge in [-0.15, -0.1) is 0 Å². The van der Waals surface area contributed by atoms with Crippen LogP contribution >= 0.6 is 0 Å². The summed E-state index contributed by atoms with van der Waals surface area (Å²) in [5.74, 6) is 0.654. The highest BCUT2D eigenvalue weighted by Gasteiger charge is 2.35. The van der Waals surface area contributed by atoms with E-state index in [9.17, 15) is 5.11 Å². The molecule has 2 aliphatic heterocycles. The number of hydrogen-bond donors (Lipinski definition) is 1. The van der Waals surface area contributed by atoms with Crippen molar-refractivity contribution >= 4 is 10.9 Å². The Morgan fingerprint density at radius 1 is 1.08 bits per heavy atom. The van der Waals surface area contributed by atoms with Crippen molar-refractivity contribution in [1.29, 1.82) is 0 Å². The van der Waals surface area contributed by atoms with Crippen LogP contribution < -0.4 is 0 Å². The standard InChI is InChI=1S/C23H26N2O/c1-15-3-6-17(7-4-15)22(26)14-25-20-8-5-16(2)11-19(20)23-18-9-10-24(12-18)13-21(23)25/h3-8,11,18,22,26H,9-10,12-14H2,1-2H3. The molecule has 1 fully saturated rings. The summed E-state index contributed by atoms with van der Waals surface area (Å²) >= 11 is 0. The Balaban J connectivity index is 1.61. The molecule has 1 saturated heterocycles. The molecule has 2 aromatic carbocycles. The number of hydrogen-bond acceptors (Lipinski definition) is 2. The number of rotatable bonds is 3. The van der Waals surface area contributed by atoms with Crippen LogP contribution in [0.25, 0.3) is 10.9 Å². The summed E-state index contributed by atoms with van der Waals surface area (Å²) in [6.45, 7) is 8.29. The van der Waals surface area contributed by atoms with Crippen LogP contribution in [-0.2, 0) is 13.1 Å². The van der Waals surface area contributed by atoms with E-state index in [4.69, 9.17) is 0 Å². The number of benzene rings is 2. The van der Waals surface area contributed by atoms with Crippen molar-refractivity contribution in [2.45, 2.75) is 45.4 Å². The average molecular weight is 346 g/mol. The lowest BCUT2D eigenvalue weighted by Gasteiger charge is -2.25. The second kappa shape index (κ2) is 5.97. The van der Waals surface area contributed by atoms with E-state index < -0.39 is 6.10 Å². The van der Waals surface area contributed by atoms with Crippen molar-refractivity contribution in [3.8, 4) is 0 Å². The molecule has 2 aliphatic rings. The quantitative estimate of drug-likeness (QED) is 0.766. The molecule has 5 rings (SSSR count). The van der Waals surface area contributed by atoms with E-state index in [-0.39, 0.29) is 0 Å². The fourth-order valence-electron chi connectivity index (χ4n) is 4.87. The zero-order chi connectivity index (χ0) is 17.8. The fourth-order valence-corrected chi connectivity index (χ4v) is 4.87. The van der Waals surface area contributed by atoms with Crippen LogP contribution in [-0.4, -0.2) is 27.7 Å². The van der Waals surface area contributed by atoms with Gasteiger partial charge in [-0.1, -0.05) is 41.5 Å².